The molecule has 5 aliphatic rings. The van der Waals surface area contributed by atoms with Crippen molar-refractivity contribution in [2.75, 3.05) is 6.61 Å². The minimum atomic E-state index is -1.05. The second-order valence-corrected chi connectivity index (χ2v) is 13.2. The molecule has 0 spiro atoms. The van der Waals surface area contributed by atoms with Gasteiger partial charge in [-0.15, -0.1) is 6.58 Å². The van der Waals surface area contributed by atoms with Gasteiger partial charge in [0.05, 0.1) is 12.7 Å². The molecular weight excluding hydrogens is 512 g/mol. The van der Waals surface area contributed by atoms with Crippen molar-refractivity contribution >= 4 is 17.9 Å². The summed E-state index contributed by atoms with van der Waals surface area (Å²) >= 11 is 0. The van der Waals surface area contributed by atoms with Gasteiger partial charge in [0.15, 0.2) is 24.6 Å². The molecular formula is C32H46O8. The van der Waals surface area contributed by atoms with Crippen molar-refractivity contribution in [2.45, 2.75) is 117 Å². The molecule has 0 unspecified atom stereocenters. The van der Waals surface area contributed by atoms with Gasteiger partial charge in [-0.1, -0.05) is 31.6 Å². The smallest absolute Gasteiger partial charge is 0.303 e. The molecule has 0 aromatic heterocycles. The summed E-state index contributed by atoms with van der Waals surface area (Å²) in [6, 6.07) is 0. The van der Waals surface area contributed by atoms with Crippen LogP contribution in [0, 0.1) is 34.5 Å². The van der Waals surface area contributed by atoms with Crippen molar-refractivity contribution in [3.63, 3.8) is 0 Å². The Bertz CT molecular complexity index is 1050. The molecule has 4 fully saturated rings. The molecule has 0 radical (unpaired) electrons. The Hall–Kier alpha value is -2.19. The second-order valence-electron chi connectivity index (χ2n) is 13.2. The largest absolute Gasteiger partial charge is 0.456 e. The Morgan fingerprint density at radius 2 is 1.62 bits per heavy atom. The molecule has 0 aromatic rings. The Balaban J connectivity index is 1.31. The van der Waals surface area contributed by atoms with E-state index < -0.39 is 42.5 Å². The van der Waals surface area contributed by atoms with E-state index in [9.17, 15) is 14.4 Å². The SMILES string of the molecule is C=C[C@H]1CC[C@H]2[C@@H]3CC=C4C[C@@H](O[C@@H]5OC[C@@H](OC(C)=O)[C@@H](OC(C)=O)[C@@H]5OC(C)=O)CC[C@]4(C)[C@H]3CC[C@]12C. The van der Waals surface area contributed by atoms with Crippen LogP contribution in [0.25, 0.3) is 0 Å². The molecule has 5 rings (SSSR count). The van der Waals surface area contributed by atoms with Crippen LogP contribution in [0.1, 0.15) is 86.0 Å². The molecule has 11 atom stereocenters. The molecule has 8 heteroatoms. The van der Waals surface area contributed by atoms with Gasteiger partial charge in [-0.25, -0.2) is 0 Å². The third kappa shape index (κ3) is 5.26. The van der Waals surface area contributed by atoms with E-state index in [0.717, 1.165) is 37.5 Å². The molecule has 4 aliphatic carbocycles. The summed E-state index contributed by atoms with van der Waals surface area (Å²) < 4.78 is 28.8. The molecule has 40 heavy (non-hydrogen) atoms. The molecule has 0 bridgehead atoms. The van der Waals surface area contributed by atoms with Crippen LogP contribution in [-0.4, -0.2) is 55.2 Å². The first-order chi connectivity index (χ1) is 19.0. The number of hydrogen-bond acceptors (Lipinski definition) is 8. The van der Waals surface area contributed by atoms with Gasteiger partial charge >= 0.3 is 17.9 Å². The van der Waals surface area contributed by atoms with Crippen molar-refractivity contribution in [3.8, 4) is 0 Å². The van der Waals surface area contributed by atoms with Crippen molar-refractivity contribution in [1.82, 2.24) is 0 Å². The minimum Gasteiger partial charge on any atom is -0.456 e. The Morgan fingerprint density at radius 3 is 2.30 bits per heavy atom. The van der Waals surface area contributed by atoms with Crippen molar-refractivity contribution < 1.29 is 38.1 Å². The number of carbonyl (C=O) groups is 3. The molecule has 0 N–H and O–H groups in total. The van der Waals surface area contributed by atoms with Crippen LogP contribution in [0.4, 0.5) is 0 Å². The number of esters is 3. The summed E-state index contributed by atoms with van der Waals surface area (Å²) in [7, 11) is 0. The van der Waals surface area contributed by atoms with Crippen LogP contribution in [0.3, 0.4) is 0 Å². The third-order valence-corrected chi connectivity index (χ3v) is 11.0. The van der Waals surface area contributed by atoms with Gasteiger partial charge in [0, 0.05) is 20.8 Å². The zero-order chi connectivity index (χ0) is 28.8. The van der Waals surface area contributed by atoms with Crippen LogP contribution >= 0.6 is 0 Å². The number of ether oxygens (including phenoxy) is 5. The second kappa shape index (κ2) is 11.2. The van der Waals surface area contributed by atoms with Gasteiger partial charge in [-0.3, -0.25) is 14.4 Å². The van der Waals surface area contributed by atoms with Gasteiger partial charge in [-0.2, -0.15) is 0 Å². The fourth-order valence-corrected chi connectivity index (χ4v) is 9.19. The number of fused-ring (bicyclic) bond motifs is 5. The summed E-state index contributed by atoms with van der Waals surface area (Å²) in [5.74, 6) is 1.15. The van der Waals surface area contributed by atoms with E-state index in [2.05, 4.69) is 32.6 Å². The first-order valence-electron chi connectivity index (χ1n) is 15.1. The lowest BCUT2D eigenvalue weighted by atomic mass is 9.47. The normalized spacial score (nSPS) is 44.2. The molecule has 3 saturated carbocycles. The summed E-state index contributed by atoms with van der Waals surface area (Å²) in [6.07, 6.45) is 9.65. The average molecular weight is 559 g/mol. The third-order valence-electron chi connectivity index (χ3n) is 11.0. The number of hydrogen-bond donors (Lipinski definition) is 0. The van der Waals surface area contributed by atoms with Gasteiger partial charge in [0.25, 0.3) is 0 Å². The lowest BCUT2D eigenvalue weighted by Gasteiger charge is -2.58. The fourth-order valence-electron chi connectivity index (χ4n) is 9.19. The van der Waals surface area contributed by atoms with Crippen molar-refractivity contribution in [1.29, 1.82) is 0 Å². The molecule has 0 aromatic carbocycles. The number of rotatable bonds is 6. The number of allylic oxidation sites excluding steroid dienone is 2. The van der Waals surface area contributed by atoms with Crippen LogP contribution < -0.4 is 0 Å². The Morgan fingerprint density at radius 1 is 0.925 bits per heavy atom. The summed E-state index contributed by atoms with van der Waals surface area (Å²) in [4.78, 5) is 35.6. The molecule has 0 amide bonds. The van der Waals surface area contributed by atoms with Crippen LogP contribution in [0.15, 0.2) is 24.3 Å². The lowest BCUT2D eigenvalue weighted by molar-refractivity contribution is -0.292. The predicted molar refractivity (Wildman–Crippen MR) is 147 cm³/mol. The van der Waals surface area contributed by atoms with Gasteiger partial charge in [-0.05, 0) is 85.9 Å². The quantitative estimate of drug-likeness (QED) is 0.247. The highest BCUT2D eigenvalue weighted by Gasteiger charge is 2.58. The maximum absolute atomic E-state index is 12.0. The lowest BCUT2D eigenvalue weighted by Crippen LogP contribution is -2.59. The minimum absolute atomic E-state index is 0.0251. The maximum atomic E-state index is 12.0. The van der Waals surface area contributed by atoms with Crippen molar-refractivity contribution in [3.05, 3.63) is 24.3 Å². The average Bonchev–Trinajstić information content (AvgIpc) is 3.23. The highest BCUT2D eigenvalue weighted by atomic mass is 16.7. The topological polar surface area (TPSA) is 97.4 Å². The van der Waals surface area contributed by atoms with E-state index in [0.29, 0.717) is 17.3 Å². The maximum Gasteiger partial charge on any atom is 0.303 e. The Kier molecular flexibility index (Phi) is 8.23. The zero-order valence-electron chi connectivity index (χ0n) is 24.7. The van der Waals surface area contributed by atoms with E-state index in [-0.39, 0.29) is 18.1 Å². The van der Waals surface area contributed by atoms with Gasteiger partial charge in [0.2, 0.25) is 0 Å². The fraction of sp³-hybridized carbons (Fsp3) is 0.781. The summed E-state index contributed by atoms with van der Waals surface area (Å²) in [5.41, 5.74) is 2.03. The van der Waals surface area contributed by atoms with E-state index >= 15 is 0 Å². The van der Waals surface area contributed by atoms with Gasteiger partial charge < -0.3 is 23.7 Å². The molecule has 1 aliphatic heterocycles. The summed E-state index contributed by atoms with van der Waals surface area (Å²) in [5, 5.41) is 0. The molecule has 222 valence electrons. The van der Waals surface area contributed by atoms with Crippen LogP contribution in [0.5, 0.6) is 0 Å². The highest BCUT2D eigenvalue weighted by molar-refractivity contribution is 5.68. The standard InChI is InChI=1S/C32H46O8/c1-7-21-9-11-25-24-10-8-22-16-23(12-14-32(22,6)26(24)13-15-31(21,25)5)40-30-29(39-20(4)35)28(38-19(3)34)27(17-36-30)37-18(2)33/h7-8,21,23-30H,1,9-17H2,2-6H3/t21-,23-,24-,25-,26-,27+,28+,29-,30-,31+,32-/m0/s1. The number of carbonyl (C=O) groups excluding carboxylic acids is 3. The molecule has 1 saturated heterocycles. The van der Waals surface area contributed by atoms with E-state index in [1.54, 1.807) is 0 Å². The van der Waals surface area contributed by atoms with E-state index in [1.165, 1.54) is 52.0 Å². The van der Waals surface area contributed by atoms with E-state index in [1.807, 2.05) is 0 Å². The molecule has 1 heterocycles. The van der Waals surface area contributed by atoms with Gasteiger partial charge in [0.1, 0.15) is 0 Å². The Labute approximate surface area is 238 Å². The van der Waals surface area contributed by atoms with Crippen LogP contribution in [-0.2, 0) is 38.1 Å². The van der Waals surface area contributed by atoms with E-state index in [4.69, 9.17) is 23.7 Å². The molecule has 8 nitrogen and oxygen atoms in total. The van der Waals surface area contributed by atoms with Crippen molar-refractivity contribution in [2.24, 2.45) is 34.5 Å². The first-order valence-corrected chi connectivity index (χ1v) is 15.1. The summed E-state index contributed by atoms with van der Waals surface area (Å²) in [6.45, 7) is 12.9. The predicted octanol–water partition coefficient (Wildman–Crippen LogP) is 5.29. The van der Waals surface area contributed by atoms with Crippen LogP contribution in [0.2, 0.25) is 0 Å². The highest BCUT2D eigenvalue weighted by Crippen LogP contribution is 2.66. The monoisotopic (exact) mass is 558 g/mol. The first kappa shape index (κ1) is 29.3. The zero-order valence-corrected chi connectivity index (χ0v) is 24.7.